The lowest BCUT2D eigenvalue weighted by molar-refractivity contribution is -0.384. The number of benzene rings is 2. The maximum Gasteiger partial charge on any atom is 0.296 e. The Morgan fingerprint density at radius 3 is 2.50 bits per heavy atom. The van der Waals surface area contributed by atoms with E-state index in [0.717, 1.165) is 12.1 Å². The molecule has 1 aliphatic rings. The quantitative estimate of drug-likeness (QED) is 0.332. The second-order valence-corrected chi connectivity index (χ2v) is 7.51. The monoisotopic (exact) mass is 451 g/mol. The Balaban J connectivity index is 1.78. The molecule has 5 rings (SSSR count). The molecule has 10 heteroatoms. The van der Waals surface area contributed by atoms with Gasteiger partial charge in [0.25, 0.3) is 11.6 Å². The first kappa shape index (κ1) is 19.8. The van der Waals surface area contributed by atoms with Crippen molar-refractivity contribution in [2.45, 2.75) is 6.04 Å². The van der Waals surface area contributed by atoms with Crippen LogP contribution < -0.4 is 10.3 Å². The van der Waals surface area contributed by atoms with Crippen molar-refractivity contribution in [1.82, 2.24) is 4.98 Å². The van der Waals surface area contributed by atoms with Crippen molar-refractivity contribution in [1.29, 1.82) is 0 Å². The van der Waals surface area contributed by atoms with Gasteiger partial charge < -0.3 is 4.42 Å². The van der Waals surface area contributed by atoms with E-state index >= 15 is 0 Å². The van der Waals surface area contributed by atoms with Gasteiger partial charge in [0.2, 0.25) is 5.76 Å². The Bertz CT molecular complexity index is 1470. The number of nitrogens with zero attached hydrogens (tertiary/aromatic N) is 3. The molecule has 1 amide bonds. The topological polar surface area (TPSA) is 107 Å². The molecule has 158 valence electrons. The van der Waals surface area contributed by atoms with E-state index in [9.17, 15) is 24.1 Å². The van der Waals surface area contributed by atoms with Crippen molar-refractivity contribution in [2.75, 3.05) is 4.90 Å². The van der Waals surface area contributed by atoms with Gasteiger partial charge in [0.1, 0.15) is 17.2 Å². The first-order chi connectivity index (χ1) is 15.3. The highest BCUT2D eigenvalue weighted by Gasteiger charge is 2.44. The third-order valence-corrected chi connectivity index (χ3v) is 5.43. The minimum Gasteiger partial charge on any atom is -0.450 e. The van der Waals surface area contributed by atoms with E-state index in [4.69, 9.17) is 16.0 Å². The van der Waals surface area contributed by atoms with Crippen LogP contribution in [0.2, 0.25) is 5.02 Å². The molecule has 0 aliphatic carbocycles. The SMILES string of the molecule is O=C1c2oc3ccc(F)cc3c(=O)c2[C@@H](c2ccc([N+](=O)[O-])cc2)N1c1ccc(Cl)cn1. The van der Waals surface area contributed by atoms with Gasteiger partial charge in [-0.05, 0) is 48.0 Å². The molecule has 2 aromatic carbocycles. The summed E-state index contributed by atoms with van der Waals surface area (Å²) in [7, 11) is 0. The number of non-ortho nitro benzene ring substituents is 1. The molecule has 3 heterocycles. The van der Waals surface area contributed by atoms with Gasteiger partial charge in [-0.1, -0.05) is 11.6 Å². The molecule has 1 aliphatic heterocycles. The van der Waals surface area contributed by atoms with Gasteiger partial charge in [-0.25, -0.2) is 9.37 Å². The van der Waals surface area contributed by atoms with Crippen LogP contribution in [0.25, 0.3) is 11.0 Å². The molecular formula is C22H11ClFN3O5. The van der Waals surface area contributed by atoms with E-state index in [1.54, 1.807) is 0 Å². The van der Waals surface area contributed by atoms with E-state index in [1.807, 2.05) is 0 Å². The lowest BCUT2D eigenvalue weighted by Gasteiger charge is -2.24. The van der Waals surface area contributed by atoms with Gasteiger partial charge in [-0.15, -0.1) is 0 Å². The van der Waals surface area contributed by atoms with Gasteiger partial charge in [0, 0.05) is 18.3 Å². The number of fused-ring (bicyclic) bond motifs is 2. The highest BCUT2D eigenvalue weighted by atomic mass is 35.5. The molecule has 8 nitrogen and oxygen atoms in total. The smallest absolute Gasteiger partial charge is 0.296 e. The molecule has 0 fully saturated rings. The normalized spacial score (nSPS) is 15.2. The number of carbonyl (C=O) groups is 1. The summed E-state index contributed by atoms with van der Waals surface area (Å²) in [5.74, 6) is -1.25. The number of nitro benzene ring substituents is 1. The van der Waals surface area contributed by atoms with Gasteiger partial charge in [-0.3, -0.25) is 24.6 Å². The van der Waals surface area contributed by atoms with Crippen LogP contribution in [0.5, 0.6) is 0 Å². The highest BCUT2D eigenvalue weighted by molar-refractivity contribution is 6.30. The zero-order valence-corrected chi connectivity index (χ0v) is 16.7. The Labute approximate surface area is 183 Å². The van der Waals surface area contributed by atoms with Crippen LogP contribution in [0.15, 0.2) is 70.0 Å². The Morgan fingerprint density at radius 2 is 1.84 bits per heavy atom. The van der Waals surface area contributed by atoms with Gasteiger partial charge in [-0.2, -0.15) is 0 Å². The number of anilines is 1. The standard InChI is InChI=1S/C22H11ClFN3O5/c23-12-3-8-17(25-10-12)26-19(11-1-5-14(6-2-11)27(30)31)18-20(28)15-9-13(24)4-7-16(15)32-21(18)22(26)29/h1-10,19H/t19-/m1/s1. The van der Waals surface area contributed by atoms with Gasteiger partial charge in [0.15, 0.2) is 5.43 Å². The lowest BCUT2D eigenvalue weighted by Crippen LogP contribution is -2.30. The number of pyridine rings is 1. The predicted octanol–water partition coefficient (Wildman–Crippen LogP) is 4.64. The summed E-state index contributed by atoms with van der Waals surface area (Å²) < 4.78 is 19.5. The largest absolute Gasteiger partial charge is 0.450 e. The molecule has 0 spiro atoms. The number of carbonyl (C=O) groups excluding carboxylic acids is 1. The Morgan fingerprint density at radius 1 is 1.09 bits per heavy atom. The number of hydrogen-bond donors (Lipinski definition) is 0. The number of rotatable bonds is 3. The molecular weight excluding hydrogens is 441 g/mol. The van der Waals surface area contributed by atoms with E-state index in [2.05, 4.69) is 4.98 Å². The van der Waals surface area contributed by atoms with Crippen LogP contribution in [-0.2, 0) is 0 Å². The molecule has 0 saturated carbocycles. The summed E-state index contributed by atoms with van der Waals surface area (Å²) in [4.78, 5) is 42.6. The zero-order valence-electron chi connectivity index (χ0n) is 16.0. The number of amides is 1. The number of halogens is 2. The van der Waals surface area contributed by atoms with E-state index in [-0.39, 0.29) is 33.8 Å². The third kappa shape index (κ3) is 3.02. The number of nitro groups is 1. The summed E-state index contributed by atoms with van der Waals surface area (Å²) in [5, 5.41) is 11.4. The highest BCUT2D eigenvalue weighted by Crippen LogP contribution is 2.41. The van der Waals surface area contributed by atoms with E-state index < -0.39 is 28.1 Å². The van der Waals surface area contributed by atoms with Crippen LogP contribution in [0.1, 0.15) is 27.7 Å². The summed E-state index contributed by atoms with van der Waals surface area (Å²) in [5.41, 5.74) is -0.242. The molecule has 1 atom stereocenters. The molecule has 0 unspecified atom stereocenters. The summed E-state index contributed by atoms with van der Waals surface area (Å²) in [6.07, 6.45) is 1.35. The molecule has 32 heavy (non-hydrogen) atoms. The second kappa shape index (κ2) is 7.24. The minimum absolute atomic E-state index is 0.00120. The van der Waals surface area contributed by atoms with Crippen molar-refractivity contribution in [2.24, 2.45) is 0 Å². The van der Waals surface area contributed by atoms with E-state index in [1.165, 1.54) is 53.6 Å². The maximum absolute atomic E-state index is 13.8. The van der Waals surface area contributed by atoms with Crippen LogP contribution in [0, 0.1) is 15.9 Å². The van der Waals surface area contributed by atoms with Crippen LogP contribution >= 0.6 is 11.6 Å². The van der Waals surface area contributed by atoms with Crippen LogP contribution in [0.4, 0.5) is 15.9 Å². The average molecular weight is 452 g/mol. The van der Waals surface area contributed by atoms with Crippen molar-refractivity contribution in [3.05, 3.63) is 109 Å². The summed E-state index contributed by atoms with van der Waals surface area (Å²) >= 11 is 5.92. The number of hydrogen-bond acceptors (Lipinski definition) is 6. The Hall–Kier alpha value is -4.11. The second-order valence-electron chi connectivity index (χ2n) is 7.08. The Kier molecular flexibility index (Phi) is 4.49. The van der Waals surface area contributed by atoms with Crippen molar-refractivity contribution >= 4 is 40.0 Å². The van der Waals surface area contributed by atoms with Crippen LogP contribution in [0.3, 0.4) is 0 Å². The molecule has 0 N–H and O–H groups in total. The fourth-order valence-corrected chi connectivity index (χ4v) is 3.90. The van der Waals surface area contributed by atoms with Crippen molar-refractivity contribution < 1.29 is 18.5 Å². The zero-order chi connectivity index (χ0) is 22.6. The third-order valence-electron chi connectivity index (χ3n) is 5.21. The first-order valence-electron chi connectivity index (χ1n) is 9.31. The van der Waals surface area contributed by atoms with Gasteiger partial charge in [0.05, 0.1) is 26.9 Å². The molecule has 2 aromatic heterocycles. The number of aromatic nitrogens is 1. The van der Waals surface area contributed by atoms with Gasteiger partial charge >= 0.3 is 0 Å². The molecule has 0 radical (unpaired) electrons. The molecule has 0 saturated heterocycles. The fraction of sp³-hybridized carbons (Fsp3) is 0.0455. The fourth-order valence-electron chi connectivity index (χ4n) is 3.79. The lowest BCUT2D eigenvalue weighted by atomic mass is 9.98. The summed E-state index contributed by atoms with van der Waals surface area (Å²) in [6, 6.07) is 10.9. The van der Waals surface area contributed by atoms with Crippen molar-refractivity contribution in [3.63, 3.8) is 0 Å². The minimum atomic E-state index is -0.990. The van der Waals surface area contributed by atoms with Crippen LogP contribution in [-0.4, -0.2) is 15.8 Å². The van der Waals surface area contributed by atoms with E-state index in [0.29, 0.717) is 10.6 Å². The maximum atomic E-state index is 13.8. The summed E-state index contributed by atoms with van der Waals surface area (Å²) in [6.45, 7) is 0. The molecule has 4 aromatic rings. The molecule has 0 bridgehead atoms. The van der Waals surface area contributed by atoms with Crippen molar-refractivity contribution in [3.8, 4) is 0 Å². The first-order valence-corrected chi connectivity index (χ1v) is 9.68. The predicted molar refractivity (Wildman–Crippen MR) is 113 cm³/mol. The average Bonchev–Trinajstić information content (AvgIpc) is 3.07.